The first-order valence-corrected chi connectivity index (χ1v) is 5.57. The van der Waals surface area contributed by atoms with Gasteiger partial charge < -0.3 is 9.80 Å². The van der Waals surface area contributed by atoms with Gasteiger partial charge in [0.05, 0.1) is 0 Å². The molecule has 14 heavy (non-hydrogen) atoms. The lowest BCUT2D eigenvalue weighted by Crippen LogP contribution is -2.45. The topological polar surface area (TPSA) is 6.48 Å². The summed E-state index contributed by atoms with van der Waals surface area (Å²) in [5, 5.41) is 0. The minimum absolute atomic E-state index is 1.10. The van der Waals surface area contributed by atoms with Gasteiger partial charge in [-0.25, -0.2) is 0 Å². The molecular weight excluding hydrogens is 172 g/mol. The van der Waals surface area contributed by atoms with Gasteiger partial charge in [0.15, 0.2) is 0 Å². The molecule has 0 atom stereocenters. The van der Waals surface area contributed by atoms with Crippen LogP contribution in [0.3, 0.4) is 0 Å². The number of rotatable bonds is 2. The number of allylic oxidation sites excluding steroid dienone is 3. The van der Waals surface area contributed by atoms with E-state index in [0.29, 0.717) is 0 Å². The second kappa shape index (κ2) is 4.65. The Hall–Kier alpha value is -0.760. The highest BCUT2D eigenvalue weighted by atomic mass is 15.3. The fourth-order valence-electron chi connectivity index (χ4n) is 2.06. The van der Waals surface area contributed by atoms with Gasteiger partial charge in [-0.15, -0.1) is 0 Å². The molecule has 0 aromatic heterocycles. The Morgan fingerprint density at radius 1 is 1.21 bits per heavy atom. The van der Waals surface area contributed by atoms with Gasteiger partial charge in [0.25, 0.3) is 0 Å². The zero-order valence-electron chi connectivity index (χ0n) is 8.95. The van der Waals surface area contributed by atoms with E-state index in [1.54, 1.807) is 0 Å². The summed E-state index contributed by atoms with van der Waals surface area (Å²) in [4.78, 5) is 5.01. The third-order valence-corrected chi connectivity index (χ3v) is 3.05. The number of likely N-dealkylation sites (N-methyl/N-ethyl adjacent to an activating group) is 1. The zero-order chi connectivity index (χ0) is 9.80. The van der Waals surface area contributed by atoms with Gasteiger partial charge in [-0.3, -0.25) is 0 Å². The van der Waals surface area contributed by atoms with E-state index in [2.05, 4.69) is 41.4 Å². The number of piperazine rings is 1. The Bertz CT molecular complexity index is 235. The van der Waals surface area contributed by atoms with E-state index in [-0.39, 0.29) is 0 Å². The fourth-order valence-corrected chi connectivity index (χ4v) is 2.06. The maximum atomic E-state index is 2.51. The van der Waals surface area contributed by atoms with Crippen molar-refractivity contribution in [3.05, 3.63) is 30.3 Å². The number of hydrogen-bond acceptors (Lipinski definition) is 2. The molecule has 1 aliphatic carbocycles. The van der Waals surface area contributed by atoms with Crippen LogP contribution in [0, 0.1) is 6.42 Å². The molecule has 0 spiro atoms. The summed E-state index contributed by atoms with van der Waals surface area (Å²) in [7, 11) is 0. The van der Waals surface area contributed by atoms with Gasteiger partial charge in [-0.1, -0.05) is 19.1 Å². The second-order valence-corrected chi connectivity index (χ2v) is 3.88. The molecule has 77 valence electrons. The molecule has 0 unspecified atom stereocenters. The SMILES string of the molecule is CCN1CCN(C2=CC[CH]C=C2)CC1. The van der Waals surface area contributed by atoms with Crippen LogP contribution < -0.4 is 0 Å². The van der Waals surface area contributed by atoms with Gasteiger partial charge in [0.1, 0.15) is 0 Å². The van der Waals surface area contributed by atoms with Crippen LogP contribution in [-0.2, 0) is 0 Å². The van der Waals surface area contributed by atoms with E-state index in [9.17, 15) is 0 Å². The predicted molar refractivity (Wildman–Crippen MR) is 59.8 cm³/mol. The average Bonchev–Trinajstić information content (AvgIpc) is 2.30. The first-order chi connectivity index (χ1) is 6.90. The lowest BCUT2D eigenvalue weighted by atomic mass is 10.1. The lowest BCUT2D eigenvalue weighted by Gasteiger charge is -2.36. The Morgan fingerprint density at radius 2 is 2.00 bits per heavy atom. The maximum absolute atomic E-state index is 2.51. The van der Waals surface area contributed by atoms with E-state index in [1.807, 2.05) is 0 Å². The molecular formula is C12H19N2. The molecule has 1 radical (unpaired) electrons. The van der Waals surface area contributed by atoms with Crippen LogP contribution in [0.15, 0.2) is 23.9 Å². The Labute approximate surface area is 86.9 Å². The summed E-state index contributed by atoms with van der Waals surface area (Å²) in [6.45, 7) is 8.23. The third-order valence-electron chi connectivity index (χ3n) is 3.05. The number of hydrogen-bond donors (Lipinski definition) is 0. The Kier molecular flexibility index (Phi) is 3.25. The monoisotopic (exact) mass is 191 g/mol. The van der Waals surface area contributed by atoms with Gasteiger partial charge in [-0.2, -0.15) is 0 Å². The molecule has 1 heterocycles. The summed E-state index contributed by atoms with van der Waals surface area (Å²) in [6.07, 6.45) is 10.0. The van der Waals surface area contributed by atoms with Crippen molar-refractivity contribution in [1.82, 2.24) is 9.80 Å². The van der Waals surface area contributed by atoms with E-state index in [0.717, 1.165) is 6.42 Å². The minimum Gasteiger partial charge on any atom is -0.369 e. The van der Waals surface area contributed by atoms with Crippen molar-refractivity contribution in [3.63, 3.8) is 0 Å². The van der Waals surface area contributed by atoms with Crippen LogP contribution >= 0.6 is 0 Å². The van der Waals surface area contributed by atoms with Crippen molar-refractivity contribution in [1.29, 1.82) is 0 Å². The fraction of sp³-hybridized carbons (Fsp3) is 0.583. The van der Waals surface area contributed by atoms with Crippen LogP contribution in [0.5, 0.6) is 0 Å². The first-order valence-electron chi connectivity index (χ1n) is 5.57. The molecule has 0 aromatic carbocycles. The highest BCUT2D eigenvalue weighted by Crippen LogP contribution is 2.15. The van der Waals surface area contributed by atoms with Gasteiger partial charge in [0, 0.05) is 31.9 Å². The molecule has 0 N–H and O–H groups in total. The van der Waals surface area contributed by atoms with Crippen LogP contribution in [0.1, 0.15) is 13.3 Å². The van der Waals surface area contributed by atoms with Gasteiger partial charge >= 0.3 is 0 Å². The average molecular weight is 191 g/mol. The third kappa shape index (κ3) is 2.18. The molecule has 0 aromatic rings. The largest absolute Gasteiger partial charge is 0.369 e. The van der Waals surface area contributed by atoms with Crippen molar-refractivity contribution in [2.24, 2.45) is 0 Å². The molecule has 1 fully saturated rings. The summed E-state index contributed by atoms with van der Waals surface area (Å²) in [6, 6.07) is 0. The molecule has 0 saturated carbocycles. The summed E-state index contributed by atoms with van der Waals surface area (Å²) in [5.41, 5.74) is 1.42. The quantitative estimate of drug-likeness (QED) is 0.655. The normalized spacial score (nSPS) is 23.8. The van der Waals surface area contributed by atoms with Crippen molar-refractivity contribution in [2.75, 3.05) is 32.7 Å². The van der Waals surface area contributed by atoms with Crippen molar-refractivity contribution in [2.45, 2.75) is 13.3 Å². The minimum atomic E-state index is 1.10. The van der Waals surface area contributed by atoms with E-state index in [1.165, 1.54) is 38.4 Å². The van der Waals surface area contributed by atoms with Crippen LogP contribution in [0.25, 0.3) is 0 Å². The zero-order valence-corrected chi connectivity index (χ0v) is 8.95. The molecule has 2 aliphatic rings. The van der Waals surface area contributed by atoms with Crippen molar-refractivity contribution < 1.29 is 0 Å². The smallest absolute Gasteiger partial charge is 0.0323 e. The van der Waals surface area contributed by atoms with Gasteiger partial charge in [0.2, 0.25) is 0 Å². The van der Waals surface area contributed by atoms with Crippen molar-refractivity contribution in [3.8, 4) is 0 Å². The lowest BCUT2D eigenvalue weighted by molar-refractivity contribution is 0.168. The summed E-state index contributed by atoms with van der Waals surface area (Å²) in [5.74, 6) is 0. The predicted octanol–water partition coefficient (Wildman–Crippen LogP) is 1.67. The van der Waals surface area contributed by atoms with E-state index >= 15 is 0 Å². The maximum Gasteiger partial charge on any atom is 0.0323 e. The molecule has 2 rings (SSSR count). The number of nitrogens with zero attached hydrogens (tertiary/aromatic N) is 2. The van der Waals surface area contributed by atoms with Crippen molar-refractivity contribution >= 4 is 0 Å². The Balaban J connectivity index is 1.88. The van der Waals surface area contributed by atoms with E-state index < -0.39 is 0 Å². The Morgan fingerprint density at radius 3 is 2.57 bits per heavy atom. The van der Waals surface area contributed by atoms with Crippen LogP contribution in [0.4, 0.5) is 0 Å². The molecule has 2 heteroatoms. The second-order valence-electron chi connectivity index (χ2n) is 3.88. The van der Waals surface area contributed by atoms with E-state index in [4.69, 9.17) is 0 Å². The van der Waals surface area contributed by atoms with Crippen LogP contribution in [-0.4, -0.2) is 42.5 Å². The van der Waals surface area contributed by atoms with Gasteiger partial charge in [-0.05, 0) is 25.5 Å². The standard InChI is InChI=1S/C12H19N2/c1-2-13-8-10-14(11-9-13)12-6-4-3-5-7-12/h3-4,6-7H,2,5,8-11H2,1H3. The molecule has 2 nitrogen and oxygen atoms in total. The highest BCUT2D eigenvalue weighted by molar-refractivity contribution is 5.25. The molecule has 0 amide bonds. The summed E-state index contributed by atoms with van der Waals surface area (Å²) >= 11 is 0. The molecule has 0 bridgehead atoms. The van der Waals surface area contributed by atoms with Crippen LogP contribution in [0.2, 0.25) is 0 Å². The molecule has 1 aliphatic heterocycles. The summed E-state index contributed by atoms with van der Waals surface area (Å²) < 4.78 is 0. The first kappa shape index (κ1) is 9.78. The molecule has 1 saturated heterocycles. The highest BCUT2D eigenvalue weighted by Gasteiger charge is 2.16.